The number of nitrogens with zero attached hydrogens (tertiary/aromatic N) is 1. The predicted molar refractivity (Wildman–Crippen MR) is 156 cm³/mol. The number of aromatic nitrogens is 1. The number of carboxylic acids is 1. The summed E-state index contributed by atoms with van der Waals surface area (Å²) in [6.07, 6.45) is 4.55. The summed E-state index contributed by atoms with van der Waals surface area (Å²) in [6, 6.07) is 7.85. The fourth-order valence-corrected chi connectivity index (χ4v) is 7.52. The molecule has 10 nitrogen and oxygen atoms in total. The van der Waals surface area contributed by atoms with E-state index in [9.17, 15) is 19.2 Å². The molecule has 0 spiro atoms. The molecule has 2 saturated carbocycles. The second kappa shape index (κ2) is 11.3. The lowest BCUT2D eigenvalue weighted by atomic mass is 9.70. The first-order chi connectivity index (χ1) is 19.8. The van der Waals surface area contributed by atoms with E-state index in [0.29, 0.717) is 25.4 Å². The number of alkyl carbamates (subject to hydrolysis) is 1. The summed E-state index contributed by atoms with van der Waals surface area (Å²) in [7, 11) is 0. The maximum Gasteiger partial charge on any atom is 0.408 e. The number of fused-ring (bicyclic) bond motifs is 3. The number of amides is 2. The van der Waals surface area contributed by atoms with Gasteiger partial charge in [0, 0.05) is 47.9 Å². The van der Waals surface area contributed by atoms with E-state index in [2.05, 4.69) is 31.1 Å². The number of nitrogens with one attached hydrogen (secondary N) is 2. The number of benzene rings is 1. The molecular weight excluding hydrogens is 538 g/mol. The summed E-state index contributed by atoms with van der Waals surface area (Å²) >= 11 is 0. The minimum absolute atomic E-state index is 0.0664. The van der Waals surface area contributed by atoms with E-state index in [1.807, 2.05) is 30.5 Å². The Morgan fingerprint density at radius 1 is 1.14 bits per heavy atom. The lowest BCUT2D eigenvalue weighted by molar-refractivity contribution is -0.148. The van der Waals surface area contributed by atoms with Crippen molar-refractivity contribution in [1.82, 2.24) is 15.2 Å². The number of carboxylic acid groups (broad SMARTS) is 1. The van der Waals surface area contributed by atoms with Gasteiger partial charge in [0.2, 0.25) is 5.91 Å². The Labute approximate surface area is 246 Å². The third-order valence-electron chi connectivity index (χ3n) is 10.6. The van der Waals surface area contributed by atoms with Crippen LogP contribution in [0.25, 0.3) is 10.9 Å². The summed E-state index contributed by atoms with van der Waals surface area (Å²) in [5.41, 5.74) is 0.577. The zero-order valence-electron chi connectivity index (χ0n) is 25.0. The van der Waals surface area contributed by atoms with Crippen LogP contribution in [0.15, 0.2) is 30.5 Å². The molecule has 0 radical (unpaired) electrons. The van der Waals surface area contributed by atoms with Crippen LogP contribution in [0.3, 0.4) is 0 Å². The van der Waals surface area contributed by atoms with E-state index in [0.717, 1.165) is 35.7 Å². The Morgan fingerprint density at radius 3 is 2.60 bits per heavy atom. The number of hydrogen-bond donors (Lipinski definition) is 3. The number of aromatic amines is 1. The summed E-state index contributed by atoms with van der Waals surface area (Å²) < 4.78 is 11.4. The number of para-hydroxylation sites is 1. The number of carbonyl (C=O) groups is 4. The van der Waals surface area contributed by atoms with Gasteiger partial charge in [0.05, 0.1) is 19.4 Å². The van der Waals surface area contributed by atoms with Crippen molar-refractivity contribution in [1.29, 1.82) is 0 Å². The molecule has 42 heavy (non-hydrogen) atoms. The summed E-state index contributed by atoms with van der Waals surface area (Å²) in [6.45, 7) is 9.47. The second-order valence-corrected chi connectivity index (χ2v) is 13.5. The van der Waals surface area contributed by atoms with Crippen LogP contribution in [-0.4, -0.2) is 70.3 Å². The van der Waals surface area contributed by atoms with Crippen LogP contribution in [-0.2, 0) is 30.3 Å². The minimum atomic E-state index is -1.27. The molecule has 2 unspecified atom stereocenters. The zero-order valence-corrected chi connectivity index (χ0v) is 25.0. The van der Waals surface area contributed by atoms with Gasteiger partial charge in [0.25, 0.3) is 0 Å². The van der Waals surface area contributed by atoms with Gasteiger partial charge in [-0.1, -0.05) is 39.0 Å². The van der Waals surface area contributed by atoms with E-state index >= 15 is 0 Å². The SMILES string of the molecule is CC1(C)[C@H]2CCC1(C)[C@@H](OC(=O)N[C@](C)(Cc1c[nH]c3ccccc13)C(=O)N1CCC(COC(=O)CCC(=O)O)C1)C2. The first-order valence-corrected chi connectivity index (χ1v) is 15.0. The summed E-state index contributed by atoms with van der Waals surface area (Å²) in [5.74, 6) is -1.39. The van der Waals surface area contributed by atoms with Crippen LogP contribution in [0.2, 0.25) is 0 Å². The largest absolute Gasteiger partial charge is 0.481 e. The van der Waals surface area contributed by atoms with Crippen LogP contribution in [0.1, 0.15) is 71.8 Å². The molecule has 5 rings (SSSR count). The maximum atomic E-state index is 14.1. The van der Waals surface area contributed by atoms with Gasteiger partial charge in [-0.15, -0.1) is 0 Å². The van der Waals surface area contributed by atoms with Crippen molar-refractivity contribution in [3.8, 4) is 0 Å². The fourth-order valence-electron chi connectivity index (χ4n) is 7.52. The molecule has 228 valence electrons. The number of hydrogen-bond acceptors (Lipinski definition) is 6. The zero-order chi connectivity index (χ0) is 30.3. The lowest BCUT2D eigenvalue weighted by Crippen LogP contribution is -2.59. The number of rotatable bonds is 10. The average Bonchev–Trinajstić information content (AvgIpc) is 3.67. The molecule has 2 heterocycles. The van der Waals surface area contributed by atoms with Gasteiger partial charge in [-0.2, -0.15) is 0 Å². The number of aliphatic carboxylic acids is 1. The quantitative estimate of drug-likeness (QED) is 0.347. The highest BCUT2D eigenvalue weighted by molar-refractivity contribution is 5.92. The van der Waals surface area contributed by atoms with Crippen LogP contribution >= 0.6 is 0 Å². The van der Waals surface area contributed by atoms with Crippen molar-refractivity contribution in [2.45, 2.75) is 84.3 Å². The molecule has 10 heteroatoms. The number of ether oxygens (including phenoxy) is 2. The molecule has 1 aliphatic heterocycles. The predicted octanol–water partition coefficient (Wildman–Crippen LogP) is 4.67. The van der Waals surface area contributed by atoms with Crippen LogP contribution in [0.5, 0.6) is 0 Å². The standard InChI is InChI=1S/C32H43N3O7/c1-30(2)22-11-13-31(30,3)25(15-22)42-29(40)34-32(4,16-21-17-33-24-8-6-5-7-23(21)24)28(39)35-14-12-20(18-35)19-41-27(38)10-9-26(36)37/h5-8,17,20,22,25,33H,9-16,18-19H2,1-4H3,(H,34,40)(H,36,37)/t20?,22-,25-,31?,32+/m0/s1. The number of esters is 1. The molecule has 2 amide bonds. The van der Waals surface area contributed by atoms with Gasteiger partial charge >= 0.3 is 18.0 Å². The Morgan fingerprint density at radius 2 is 1.90 bits per heavy atom. The van der Waals surface area contributed by atoms with Gasteiger partial charge in [0.1, 0.15) is 11.6 Å². The van der Waals surface area contributed by atoms with Gasteiger partial charge in [0.15, 0.2) is 0 Å². The molecule has 2 aromatic rings. The minimum Gasteiger partial charge on any atom is -0.481 e. The van der Waals surface area contributed by atoms with Crippen molar-refractivity contribution in [3.63, 3.8) is 0 Å². The fraction of sp³-hybridized carbons (Fsp3) is 0.625. The molecule has 3 aliphatic rings. The van der Waals surface area contributed by atoms with Crippen LogP contribution in [0.4, 0.5) is 4.79 Å². The highest BCUT2D eigenvalue weighted by atomic mass is 16.6. The Balaban J connectivity index is 1.29. The molecule has 5 atom stereocenters. The third kappa shape index (κ3) is 5.60. The van der Waals surface area contributed by atoms with E-state index in [4.69, 9.17) is 14.6 Å². The second-order valence-electron chi connectivity index (χ2n) is 13.5. The summed E-state index contributed by atoms with van der Waals surface area (Å²) in [5, 5.41) is 12.8. The maximum absolute atomic E-state index is 14.1. The Bertz CT molecular complexity index is 1370. The van der Waals surface area contributed by atoms with Gasteiger partial charge in [-0.3, -0.25) is 14.4 Å². The first kappa shape index (κ1) is 29.9. The van der Waals surface area contributed by atoms with E-state index in [-0.39, 0.29) is 54.6 Å². The third-order valence-corrected chi connectivity index (χ3v) is 10.6. The monoisotopic (exact) mass is 581 g/mol. The molecule has 1 aromatic heterocycles. The molecule has 3 N–H and O–H groups in total. The molecule has 1 saturated heterocycles. The van der Waals surface area contributed by atoms with Gasteiger partial charge in [-0.25, -0.2) is 4.79 Å². The average molecular weight is 582 g/mol. The first-order valence-electron chi connectivity index (χ1n) is 15.0. The number of carbonyl (C=O) groups excluding carboxylic acids is 3. The van der Waals surface area contributed by atoms with Crippen LogP contribution in [0, 0.1) is 22.7 Å². The van der Waals surface area contributed by atoms with E-state index < -0.39 is 23.6 Å². The normalized spacial score (nSPS) is 27.5. The van der Waals surface area contributed by atoms with Crippen molar-refractivity contribution >= 4 is 34.8 Å². The lowest BCUT2D eigenvalue weighted by Gasteiger charge is -2.39. The summed E-state index contributed by atoms with van der Waals surface area (Å²) in [4.78, 5) is 55.2. The van der Waals surface area contributed by atoms with E-state index in [1.54, 1.807) is 11.8 Å². The topological polar surface area (TPSA) is 138 Å². The molecule has 3 fully saturated rings. The van der Waals surface area contributed by atoms with E-state index in [1.165, 1.54) is 0 Å². The highest BCUT2D eigenvalue weighted by Crippen LogP contribution is 2.66. The smallest absolute Gasteiger partial charge is 0.408 e. The number of likely N-dealkylation sites (tertiary alicyclic amines) is 1. The molecule has 2 aliphatic carbocycles. The molecule has 1 aromatic carbocycles. The van der Waals surface area contributed by atoms with Gasteiger partial charge in [-0.05, 0) is 55.6 Å². The van der Waals surface area contributed by atoms with Crippen molar-refractivity contribution < 1.29 is 33.8 Å². The highest BCUT2D eigenvalue weighted by Gasteiger charge is 2.63. The van der Waals surface area contributed by atoms with Gasteiger partial charge < -0.3 is 29.8 Å². The van der Waals surface area contributed by atoms with Crippen molar-refractivity contribution in [3.05, 3.63) is 36.0 Å². The van der Waals surface area contributed by atoms with Crippen LogP contribution < -0.4 is 5.32 Å². The van der Waals surface area contributed by atoms with Crippen molar-refractivity contribution in [2.75, 3.05) is 19.7 Å². The Kier molecular flexibility index (Phi) is 8.02. The molecular formula is C32H43N3O7. The number of H-pyrrole nitrogens is 1. The Hall–Kier alpha value is -3.56. The van der Waals surface area contributed by atoms with Crippen molar-refractivity contribution in [2.24, 2.45) is 22.7 Å². The molecule has 2 bridgehead atoms.